The maximum atomic E-state index is 12.9. The molecule has 3 heterocycles. The van der Waals surface area contributed by atoms with E-state index < -0.39 is 30.4 Å². The number of anilines is 1. The molecule has 13 nitrogen and oxygen atoms in total. The molecular weight excluding hydrogens is 518 g/mol. The number of likely N-dealkylation sites (N-methyl/N-ethyl adjacent to an activating group) is 1. The number of carbonyl (C=O) groups is 2. The van der Waals surface area contributed by atoms with Gasteiger partial charge in [0.2, 0.25) is 11.7 Å². The molecule has 2 amide bonds. The predicted octanol–water partition coefficient (Wildman–Crippen LogP) is -0.0373. The highest BCUT2D eigenvalue weighted by Gasteiger charge is 2.47. The number of aliphatic hydroxyl groups is 2. The van der Waals surface area contributed by atoms with Crippen LogP contribution in [0.2, 0.25) is 0 Å². The summed E-state index contributed by atoms with van der Waals surface area (Å²) in [6, 6.07) is 7.51. The summed E-state index contributed by atoms with van der Waals surface area (Å²) in [6.45, 7) is 2.64. The fraction of sp³-hybridized carbons (Fsp3) is 0.444. The third kappa shape index (κ3) is 5.55. The van der Waals surface area contributed by atoms with E-state index >= 15 is 0 Å². The average molecular weight is 550 g/mol. The number of imidazole rings is 1. The Bertz CT molecular complexity index is 1460. The van der Waals surface area contributed by atoms with E-state index in [9.17, 15) is 19.8 Å². The summed E-state index contributed by atoms with van der Waals surface area (Å²) in [6.07, 6.45) is -2.19. The van der Waals surface area contributed by atoms with Crippen LogP contribution in [0, 0.1) is 17.8 Å². The van der Waals surface area contributed by atoms with Crippen LogP contribution in [-0.4, -0.2) is 85.0 Å². The fourth-order valence-electron chi connectivity index (χ4n) is 4.53. The number of carbonyl (C=O) groups excluding carboxylic acids is 2. The van der Waals surface area contributed by atoms with E-state index in [0.717, 1.165) is 24.2 Å². The number of nitrogens with two attached hydrogens (primary N) is 1. The molecule has 0 bridgehead atoms. The lowest BCUT2D eigenvalue weighted by Crippen LogP contribution is -2.42. The first-order valence-electron chi connectivity index (χ1n) is 13.0. The standard InChI is InChI=1S/C27H31N7O6/c1-3-29-25(37)22-20(35)21(36)27(40-22)34-14-30-19-23(28)31-18(32-24(19)34)5-4-12-33(26(38)16-8-9-16)13-15-6-10-17(39-2)11-7-15/h6-7,10-11,14,16,20-22,27,35-36H,3,8-9,12-13H2,1-2H3,(H,29,37)(H2,28,31,32)/t20?,21-,22+,27-/m1/s1. The summed E-state index contributed by atoms with van der Waals surface area (Å²) in [4.78, 5) is 39.8. The monoisotopic (exact) mass is 549 g/mol. The van der Waals surface area contributed by atoms with Crippen LogP contribution in [0.1, 0.15) is 37.4 Å². The number of nitrogen functional groups attached to an aromatic ring is 1. The molecule has 1 saturated heterocycles. The first kappa shape index (κ1) is 27.3. The summed E-state index contributed by atoms with van der Waals surface area (Å²) in [5.74, 6) is 6.26. The highest BCUT2D eigenvalue weighted by atomic mass is 16.6. The van der Waals surface area contributed by atoms with Gasteiger partial charge in [0, 0.05) is 19.0 Å². The van der Waals surface area contributed by atoms with Gasteiger partial charge in [0.1, 0.15) is 23.5 Å². The molecule has 0 spiro atoms. The van der Waals surface area contributed by atoms with Gasteiger partial charge in [-0.15, -0.1) is 0 Å². The molecule has 3 aromatic rings. The zero-order chi connectivity index (χ0) is 28.4. The summed E-state index contributed by atoms with van der Waals surface area (Å²) in [7, 11) is 1.60. The fourth-order valence-corrected chi connectivity index (χ4v) is 4.53. The van der Waals surface area contributed by atoms with E-state index in [-0.39, 0.29) is 41.2 Å². The number of nitrogens with one attached hydrogen (secondary N) is 1. The smallest absolute Gasteiger partial charge is 0.252 e. The van der Waals surface area contributed by atoms with Gasteiger partial charge in [-0.3, -0.25) is 14.2 Å². The highest BCUT2D eigenvalue weighted by molar-refractivity contribution is 5.83. The van der Waals surface area contributed by atoms with Crippen LogP contribution in [0.4, 0.5) is 5.82 Å². The van der Waals surface area contributed by atoms with Gasteiger partial charge in [-0.25, -0.2) is 15.0 Å². The average Bonchev–Trinajstić information content (AvgIpc) is 3.65. The van der Waals surface area contributed by atoms with Crippen LogP contribution in [0.15, 0.2) is 30.6 Å². The molecule has 5 N–H and O–H groups in total. The molecule has 0 radical (unpaired) electrons. The van der Waals surface area contributed by atoms with Gasteiger partial charge in [0.05, 0.1) is 20.0 Å². The minimum Gasteiger partial charge on any atom is -0.497 e. The Labute approximate surface area is 230 Å². The molecule has 1 aliphatic carbocycles. The third-order valence-corrected chi connectivity index (χ3v) is 6.81. The number of methoxy groups -OCH3 is 1. The summed E-state index contributed by atoms with van der Waals surface area (Å²) < 4.78 is 12.3. The van der Waals surface area contributed by atoms with Gasteiger partial charge in [-0.2, -0.15) is 0 Å². The van der Waals surface area contributed by atoms with Crippen molar-refractivity contribution in [3.8, 4) is 17.6 Å². The van der Waals surface area contributed by atoms with Crippen molar-refractivity contribution >= 4 is 28.8 Å². The maximum Gasteiger partial charge on any atom is 0.252 e. The molecule has 4 atom stereocenters. The summed E-state index contributed by atoms with van der Waals surface area (Å²) >= 11 is 0. The highest BCUT2D eigenvalue weighted by Crippen LogP contribution is 2.33. The SMILES string of the molecule is CCNC(=O)[C@H]1O[C@@H](n2cnc3c(N)nc(C#CCN(Cc4ccc(OC)cc4)C(=O)C4CC4)nc32)[C@H](O)C1O. The van der Waals surface area contributed by atoms with Gasteiger partial charge < -0.3 is 35.6 Å². The number of aliphatic hydroxyl groups excluding tert-OH is 2. The number of aromatic nitrogens is 4. The lowest BCUT2D eigenvalue weighted by atomic mass is 10.1. The van der Waals surface area contributed by atoms with E-state index in [4.69, 9.17) is 15.2 Å². The van der Waals surface area contributed by atoms with Crippen molar-refractivity contribution in [3.05, 3.63) is 42.0 Å². The van der Waals surface area contributed by atoms with Crippen molar-refractivity contribution in [1.29, 1.82) is 0 Å². The predicted molar refractivity (Wildman–Crippen MR) is 142 cm³/mol. The Balaban J connectivity index is 1.37. The first-order valence-corrected chi connectivity index (χ1v) is 13.0. The normalized spacial score (nSPS) is 22.0. The van der Waals surface area contributed by atoms with Crippen molar-refractivity contribution in [2.45, 2.75) is 50.8 Å². The molecule has 2 aromatic heterocycles. The van der Waals surface area contributed by atoms with Gasteiger partial charge in [0.15, 0.2) is 23.8 Å². The lowest BCUT2D eigenvalue weighted by molar-refractivity contribution is -0.137. The largest absolute Gasteiger partial charge is 0.497 e. The van der Waals surface area contributed by atoms with Crippen molar-refractivity contribution in [2.24, 2.45) is 5.92 Å². The molecule has 1 unspecified atom stereocenters. The molecule has 5 rings (SSSR count). The first-order chi connectivity index (χ1) is 19.3. The molecule has 2 aliphatic rings. The summed E-state index contributed by atoms with van der Waals surface area (Å²) in [5.41, 5.74) is 7.53. The van der Waals surface area contributed by atoms with Crippen LogP contribution in [0.5, 0.6) is 5.75 Å². The number of benzene rings is 1. The van der Waals surface area contributed by atoms with Gasteiger partial charge >= 0.3 is 0 Å². The van der Waals surface area contributed by atoms with Gasteiger partial charge in [-0.05, 0) is 43.4 Å². The van der Waals surface area contributed by atoms with Crippen LogP contribution >= 0.6 is 0 Å². The lowest BCUT2D eigenvalue weighted by Gasteiger charge is -2.20. The number of rotatable bonds is 8. The van der Waals surface area contributed by atoms with Crippen molar-refractivity contribution < 1.29 is 29.3 Å². The van der Waals surface area contributed by atoms with E-state index in [1.807, 2.05) is 24.3 Å². The second kappa shape index (κ2) is 11.5. The Morgan fingerprint density at radius 3 is 2.65 bits per heavy atom. The number of ether oxygens (including phenoxy) is 2. The topological polar surface area (TPSA) is 178 Å². The maximum absolute atomic E-state index is 12.9. The van der Waals surface area contributed by atoms with Crippen molar-refractivity contribution in [2.75, 3.05) is 25.9 Å². The quantitative estimate of drug-likeness (QED) is 0.279. The minimum atomic E-state index is -1.45. The van der Waals surface area contributed by atoms with Crippen LogP contribution in [0.3, 0.4) is 0 Å². The molecule has 1 aromatic carbocycles. The molecule has 1 saturated carbocycles. The second-order valence-electron chi connectivity index (χ2n) is 9.70. The Hall–Kier alpha value is -4.25. The minimum absolute atomic E-state index is 0.0223. The number of hydrogen-bond acceptors (Lipinski definition) is 10. The van der Waals surface area contributed by atoms with Crippen molar-refractivity contribution in [1.82, 2.24) is 29.7 Å². The Morgan fingerprint density at radius 1 is 1.23 bits per heavy atom. The molecule has 13 heteroatoms. The second-order valence-corrected chi connectivity index (χ2v) is 9.70. The Morgan fingerprint density at radius 2 is 1.98 bits per heavy atom. The van der Waals surface area contributed by atoms with Gasteiger partial charge in [-0.1, -0.05) is 18.1 Å². The molecule has 40 heavy (non-hydrogen) atoms. The number of hydrogen-bond donors (Lipinski definition) is 4. The van der Waals surface area contributed by atoms with E-state index in [2.05, 4.69) is 32.1 Å². The van der Waals surface area contributed by atoms with Gasteiger partial charge in [0.25, 0.3) is 5.91 Å². The zero-order valence-corrected chi connectivity index (χ0v) is 22.1. The number of nitrogens with zero attached hydrogens (tertiary/aromatic N) is 5. The van der Waals surface area contributed by atoms with E-state index in [1.54, 1.807) is 18.9 Å². The molecule has 2 fully saturated rings. The molecule has 210 valence electrons. The Kier molecular flexibility index (Phi) is 7.83. The van der Waals surface area contributed by atoms with Crippen molar-refractivity contribution in [3.63, 3.8) is 0 Å². The number of fused-ring (bicyclic) bond motifs is 1. The zero-order valence-electron chi connectivity index (χ0n) is 22.1. The molecular formula is C27H31N7O6. The van der Waals surface area contributed by atoms with E-state index in [0.29, 0.717) is 13.1 Å². The molecule has 1 aliphatic heterocycles. The van der Waals surface area contributed by atoms with Crippen LogP contribution < -0.4 is 15.8 Å². The summed E-state index contributed by atoms with van der Waals surface area (Å²) in [5, 5.41) is 23.6. The number of amides is 2. The van der Waals surface area contributed by atoms with E-state index in [1.165, 1.54) is 10.9 Å². The van der Waals surface area contributed by atoms with Crippen LogP contribution in [0.25, 0.3) is 11.2 Å². The third-order valence-electron chi connectivity index (χ3n) is 6.81. The van der Waals surface area contributed by atoms with Crippen LogP contribution in [-0.2, 0) is 20.9 Å².